The molecule has 4 nitrogen and oxygen atoms in total. The summed E-state index contributed by atoms with van der Waals surface area (Å²) >= 11 is 0. The second-order valence-electron chi connectivity index (χ2n) is 4.90. The van der Waals surface area contributed by atoms with Crippen LogP contribution in [0.4, 0.5) is 5.69 Å². The minimum Gasteiger partial charge on any atom is -0.385 e. The average Bonchev–Trinajstić information content (AvgIpc) is 2.49. The van der Waals surface area contributed by atoms with E-state index in [9.17, 15) is 0 Å². The van der Waals surface area contributed by atoms with Crippen LogP contribution in [-0.2, 0) is 0 Å². The smallest absolute Gasteiger partial charge is 0.193 e. The van der Waals surface area contributed by atoms with E-state index in [1.807, 2.05) is 25.2 Å². The summed E-state index contributed by atoms with van der Waals surface area (Å²) in [5, 5.41) is 6.81. The number of para-hydroxylation sites is 1. The molecule has 0 aliphatic carbocycles. The summed E-state index contributed by atoms with van der Waals surface area (Å²) in [7, 11) is 3.93. The van der Waals surface area contributed by atoms with Crippen molar-refractivity contribution in [3.63, 3.8) is 0 Å². The van der Waals surface area contributed by atoms with Gasteiger partial charge in [0, 0.05) is 39.4 Å². The van der Waals surface area contributed by atoms with Gasteiger partial charge in [0.15, 0.2) is 5.96 Å². The van der Waals surface area contributed by atoms with Crippen LogP contribution in [0, 0.1) is 0 Å². The van der Waals surface area contributed by atoms with E-state index < -0.39 is 0 Å². The zero-order valence-electron chi connectivity index (χ0n) is 13.0. The Morgan fingerprint density at radius 3 is 2.55 bits per heavy atom. The number of anilines is 1. The average molecular weight is 276 g/mol. The quantitative estimate of drug-likeness (QED) is 0.436. The number of hydrogen-bond donors (Lipinski definition) is 2. The number of unbranched alkanes of at least 4 members (excludes halogenated alkanes) is 1. The standard InChI is InChI=1S/C16H28N4/c1-4-5-14-20(3)16(17-2)19-13-9-12-18-15-10-7-6-8-11-15/h6-8,10-11,18H,4-5,9,12-14H2,1-3H3,(H,17,19). The highest BCUT2D eigenvalue weighted by Gasteiger charge is 2.03. The molecule has 0 aliphatic heterocycles. The van der Waals surface area contributed by atoms with Crippen molar-refractivity contribution in [2.24, 2.45) is 4.99 Å². The lowest BCUT2D eigenvalue weighted by Gasteiger charge is -2.21. The number of nitrogens with zero attached hydrogens (tertiary/aromatic N) is 2. The van der Waals surface area contributed by atoms with Crippen LogP contribution in [0.2, 0.25) is 0 Å². The van der Waals surface area contributed by atoms with Gasteiger partial charge in [-0.1, -0.05) is 31.5 Å². The van der Waals surface area contributed by atoms with Crippen molar-refractivity contribution in [3.8, 4) is 0 Å². The molecule has 0 fully saturated rings. The molecule has 0 unspecified atom stereocenters. The molecular weight excluding hydrogens is 248 g/mol. The van der Waals surface area contributed by atoms with E-state index in [1.165, 1.54) is 18.5 Å². The molecule has 4 heteroatoms. The van der Waals surface area contributed by atoms with Gasteiger partial charge in [-0.15, -0.1) is 0 Å². The molecule has 0 heterocycles. The fourth-order valence-corrected chi connectivity index (χ4v) is 1.96. The maximum atomic E-state index is 4.31. The fourth-order valence-electron chi connectivity index (χ4n) is 1.96. The second-order valence-corrected chi connectivity index (χ2v) is 4.90. The lowest BCUT2D eigenvalue weighted by Crippen LogP contribution is -2.40. The van der Waals surface area contributed by atoms with E-state index >= 15 is 0 Å². The molecular formula is C16H28N4. The largest absolute Gasteiger partial charge is 0.385 e. The lowest BCUT2D eigenvalue weighted by atomic mass is 10.3. The molecule has 1 aromatic carbocycles. The van der Waals surface area contributed by atoms with Gasteiger partial charge in [0.05, 0.1) is 0 Å². The van der Waals surface area contributed by atoms with Crippen molar-refractivity contribution >= 4 is 11.6 Å². The third-order valence-corrected chi connectivity index (χ3v) is 3.16. The monoisotopic (exact) mass is 276 g/mol. The fraction of sp³-hybridized carbons (Fsp3) is 0.562. The molecule has 0 bridgehead atoms. The molecule has 0 radical (unpaired) electrons. The molecule has 1 rings (SSSR count). The van der Waals surface area contributed by atoms with Crippen molar-refractivity contribution in [3.05, 3.63) is 30.3 Å². The van der Waals surface area contributed by atoms with Gasteiger partial charge in [0.2, 0.25) is 0 Å². The maximum Gasteiger partial charge on any atom is 0.193 e. The summed E-state index contributed by atoms with van der Waals surface area (Å²) in [6.07, 6.45) is 3.48. The zero-order chi connectivity index (χ0) is 14.6. The summed E-state index contributed by atoms with van der Waals surface area (Å²) in [6.45, 7) is 5.16. The van der Waals surface area contributed by atoms with Crippen LogP contribution < -0.4 is 10.6 Å². The van der Waals surface area contributed by atoms with E-state index in [0.29, 0.717) is 0 Å². The van der Waals surface area contributed by atoms with Gasteiger partial charge < -0.3 is 15.5 Å². The first kappa shape index (κ1) is 16.3. The summed E-state index contributed by atoms with van der Waals surface area (Å²) in [5.41, 5.74) is 1.18. The normalized spacial score (nSPS) is 11.2. The van der Waals surface area contributed by atoms with Gasteiger partial charge >= 0.3 is 0 Å². The molecule has 20 heavy (non-hydrogen) atoms. The van der Waals surface area contributed by atoms with Gasteiger partial charge in [-0.3, -0.25) is 4.99 Å². The molecule has 0 aromatic heterocycles. The predicted octanol–water partition coefficient (Wildman–Crippen LogP) is 2.80. The topological polar surface area (TPSA) is 39.7 Å². The van der Waals surface area contributed by atoms with Crippen LogP contribution in [0.1, 0.15) is 26.2 Å². The number of benzene rings is 1. The van der Waals surface area contributed by atoms with Crippen molar-refractivity contribution in [2.75, 3.05) is 39.0 Å². The van der Waals surface area contributed by atoms with E-state index in [4.69, 9.17) is 0 Å². The Hall–Kier alpha value is -1.71. The van der Waals surface area contributed by atoms with Crippen molar-refractivity contribution in [1.29, 1.82) is 0 Å². The number of aliphatic imine (C=N–C) groups is 1. The van der Waals surface area contributed by atoms with Crippen LogP contribution in [0.3, 0.4) is 0 Å². The Bertz CT molecular complexity index is 375. The highest BCUT2D eigenvalue weighted by atomic mass is 15.3. The Morgan fingerprint density at radius 1 is 1.15 bits per heavy atom. The van der Waals surface area contributed by atoms with Crippen LogP contribution in [0.5, 0.6) is 0 Å². The van der Waals surface area contributed by atoms with Crippen molar-refractivity contribution in [2.45, 2.75) is 26.2 Å². The molecule has 0 spiro atoms. The van der Waals surface area contributed by atoms with Gasteiger partial charge in [-0.25, -0.2) is 0 Å². The Morgan fingerprint density at radius 2 is 1.90 bits per heavy atom. The van der Waals surface area contributed by atoms with E-state index in [0.717, 1.165) is 32.0 Å². The predicted molar refractivity (Wildman–Crippen MR) is 88.4 cm³/mol. The number of rotatable bonds is 8. The first-order chi connectivity index (χ1) is 9.77. The van der Waals surface area contributed by atoms with Gasteiger partial charge in [-0.2, -0.15) is 0 Å². The van der Waals surface area contributed by atoms with Crippen molar-refractivity contribution < 1.29 is 0 Å². The first-order valence-electron chi connectivity index (χ1n) is 7.48. The van der Waals surface area contributed by atoms with Crippen LogP contribution in [-0.4, -0.2) is 44.6 Å². The van der Waals surface area contributed by atoms with Gasteiger partial charge in [0.25, 0.3) is 0 Å². The summed E-state index contributed by atoms with van der Waals surface area (Å²) in [4.78, 5) is 6.50. The van der Waals surface area contributed by atoms with E-state index in [2.05, 4.69) is 46.6 Å². The molecule has 112 valence electrons. The number of nitrogens with one attached hydrogen (secondary N) is 2. The molecule has 2 N–H and O–H groups in total. The van der Waals surface area contributed by atoms with Gasteiger partial charge in [-0.05, 0) is 25.0 Å². The minimum atomic E-state index is 0.934. The van der Waals surface area contributed by atoms with E-state index in [1.54, 1.807) is 0 Å². The lowest BCUT2D eigenvalue weighted by molar-refractivity contribution is 0.464. The van der Waals surface area contributed by atoms with Crippen LogP contribution >= 0.6 is 0 Å². The minimum absolute atomic E-state index is 0.934. The molecule has 0 atom stereocenters. The number of guanidine groups is 1. The third kappa shape index (κ3) is 6.45. The van der Waals surface area contributed by atoms with E-state index in [-0.39, 0.29) is 0 Å². The first-order valence-corrected chi connectivity index (χ1v) is 7.48. The summed E-state index contributed by atoms with van der Waals surface area (Å²) in [6, 6.07) is 10.3. The van der Waals surface area contributed by atoms with Gasteiger partial charge in [0.1, 0.15) is 0 Å². The molecule has 1 aromatic rings. The SMILES string of the molecule is CCCCN(C)C(=NC)NCCCNc1ccccc1. The summed E-state index contributed by atoms with van der Waals surface area (Å²) in [5.74, 6) is 0.984. The maximum absolute atomic E-state index is 4.31. The highest BCUT2D eigenvalue weighted by Crippen LogP contribution is 2.04. The molecule has 0 saturated carbocycles. The number of hydrogen-bond acceptors (Lipinski definition) is 2. The highest BCUT2D eigenvalue weighted by molar-refractivity contribution is 5.79. The molecule has 0 amide bonds. The third-order valence-electron chi connectivity index (χ3n) is 3.16. The van der Waals surface area contributed by atoms with Crippen molar-refractivity contribution in [1.82, 2.24) is 10.2 Å². The zero-order valence-corrected chi connectivity index (χ0v) is 13.0. The Kier molecular flexibility index (Phi) is 8.27. The molecule has 0 aliphatic rings. The summed E-state index contributed by atoms with van der Waals surface area (Å²) < 4.78 is 0. The molecule has 0 saturated heterocycles. The second kappa shape index (κ2) is 10.1. The van der Waals surface area contributed by atoms with Crippen LogP contribution in [0.25, 0.3) is 0 Å². The Labute approximate surface area is 123 Å². The van der Waals surface area contributed by atoms with Crippen LogP contribution in [0.15, 0.2) is 35.3 Å². The Balaban J connectivity index is 2.15.